The molecule has 0 aliphatic heterocycles. The molecule has 98 valence electrons. The Morgan fingerprint density at radius 2 is 2.00 bits per heavy atom. The molecule has 0 aromatic heterocycles. The molecule has 0 saturated heterocycles. The van der Waals surface area contributed by atoms with Crippen LogP contribution in [0.4, 0.5) is 5.69 Å². The van der Waals surface area contributed by atoms with Gasteiger partial charge >= 0.3 is 0 Å². The lowest BCUT2D eigenvalue weighted by atomic mass is 10.1. The zero-order valence-corrected chi connectivity index (χ0v) is 12.2. The van der Waals surface area contributed by atoms with Gasteiger partial charge in [-0.3, -0.25) is 4.79 Å². The van der Waals surface area contributed by atoms with Crippen molar-refractivity contribution >= 4 is 39.1 Å². The van der Waals surface area contributed by atoms with Gasteiger partial charge in [0, 0.05) is 0 Å². The van der Waals surface area contributed by atoms with E-state index >= 15 is 0 Å². The highest BCUT2D eigenvalue weighted by Crippen LogP contribution is 2.30. The molecule has 0 heterocycles. The Hall–Kier alpha value is -1.52. The highest BCUT2D eigenvalue weighted by Gasteiger charge is 2.08. The van der Waals surface area contributed by atoms with Crippen molar-refractivity contribution in [1.29, 1.82) is 0 Å². The number of benzene rings is 2. The Labute approximate surface area is 124 Å². The Morgan fingerprint density at radius 1 is 1.26 bits per heavy atom. The Balaban J connectivity index is 2.08. The van der Waals surface area contributed by atoms with Gasteiger partial charge in [0.25, 0.3) is 0 Å². The molecule has 0 aliphatic carbocycles. The van der Waals surface area contributed by atoms with Crippen molar-refractivity contribution in [2.45, 2.75) is 6.42 Å². The van der Waals surface area contributed by atoms with E-state index in [-0.39, 0.29) is 18.1 Å². The van der Waals surface area contributed by atoms with Crippen LogP contribution in [0.2, 0.25) is 5.02 Å². The fourth-order valence-electron chi connectivity index (χ4n) is 1.65. The maximum atomic E-state index is 11.9. The SMILES string of the molecule is O=C(Cc1cccc(O)c1)Nc1cccc(Cl)c1Br. The highest BCUT2D eigenvalue weighted by molar-refractivity contribution is 9.10. The molecule has 0 unspecified atom stereocenters. The van der Waals surface area contributed by atoms with E-state index in [1.807, 2.05) is 0 Å². The smallest absolute Gasteiger partial charge is 0.228 e. The molecule has 19 heavy (non-hydrogen) atoms. The van der Waals surface area contributed by atoms with E-state index in [4.69, 9.17) is 11.6 Å². The molecule has 1 amide bonds. The predicted octanol–water partition coefficient (Wildman–Crippen LogP) is 3.99. The van der Waals surface area contributed by atoms with E-state index < -0.39 is 0 Å². The van der Waals surface area contributed by atoms with Gasteiger partial charge in [-0.05, 0) is 45.8 Å². The number of nitrogens with one attached hydrogen (secondary N) is 1. The van der Waals surface area contributed by atoms with E-state index in [0.717, 1.165) is 5.56 Å². The summed E-state index contributed by atoms with van der Waals surface area (Å²) in [7, 11) is 0. The Morgan fingerprint density at radius 3 is 2.74 bits per heavy atom. The van der Waals surface area contributed by atoms with Crippen molar-refractivity contribution in [1.82, 2.24) is 0 Å². The third kappa shape index (κ3) is 3.72. The first-order valence-corrected chi connectivity index (χ1v) is 6.75. The van der Waals surface area contributed by atoms with Crippen LogP contribution in [0.25, 0.3) is 0 Å². The van der Waals surface area contributed by atoms with Crippen LogP contribution in [0.5, 0.6) is 5.75 Å². The average Bonchev–Trinajstić information content (AvgIpc) is 2.35. The lowest BCUT2D eigenvalue weighted by Crippen LogP contribution is -2.14. The summed E-state index contributed by atoms with van der Waals surface area (Å²) in [6.45, 7) is 0. The van der Waals surface area contributed by atoms with E-state index in [1.165, 1.54) is 0 Å². The number of hydrogen-bond donors (Lipinski definition) is 2. The normalized spacial score (nSPS) is 10.2. The molecule has 0 spiro atoms. The molecule has 2 aromatic carbocycles. The summed E-state index contributed by atoms with van der Waals surface area (Å²) in [5.41, 5.74) is 1.37. The minimum Gasteiger partial charge on any atom is -0.508 e. The van der Waals surface area contributed by atoms with Crippen LogP contribution in [0.1, 0.15) is 5.56 Å². The van der Waals surface area contributed by atoms with Crippen LogP contribution in [0, 0.1) is 0 Å². The number of carbonyl (C=O) groups excluding carboxylic acids is 1. The van der Waals surface area contributed by atoms with Crippen LogP contribution >= 0.6 is 27.5 Å². The van der Waals surface area contributed by atoms with Crippen LogP contribution < -0.4 is 5.32 Å². The second kappa shape index (κ2) is 6.08. The molecule has 0 saturated carbocycles. The number of carbonyl (C=O) groups is 1. The van der Waals surface area contributed by atoms with Gasteiger partial charge in [-0.15, -0.1) is 0 Å². The van der Waals surface area contributed by atoms with E-state index in [1.54, 1.807) is 42.5 Å². The topological polar surface area (TPSA) is 49.3 Å². The molecule has 3 nitrogen and oxygen atoms in total. The molecule has 2 aromatic rings. The first-order valence-electron chi connectivity index (χ1n) is 5.58. The van der Waals surface area contributed by atoms with Crippen LogP contribution in [-0.2, 0) is 11.2 Å². The van der Waals surface area contributed by atoms with Crippen molar-refractivity contribution in [3.05, 3.63) is 57.5 Å². The maximum Gasteiger partial charge on any atom is 0.228 e. The molecule has 0 atom stereocenters. The second-order valence-corrected chi connectivity index (χ2v) is 5.20. The standard InChI is InChI=1S/C14H11BrClNO2/c15-14-11(16)5-2-6-12(14)17-13(19)8-9-3-1-4-10(18)7-9/h1-7,18H,8H2,(H,17,19). The van der Waals surface area contributed by atoms with Gasteiger partial charge in [0.1, 0.15) is 5.75 Å². The summed E-state index contributed by atoms with van der Waals surface area (Å²) >= 11 is 9.27. The van der Waals surface area contributed by atoms with E-state index in [2.05, 4.69) is 21.2 Å². The quantitative estimate of drug-likeness (QED) is 0.887. The van der Waals surface area contributed by atoms with Gasteiger partial charge in [0.15, 0.2) is 0 Å². The molecule has 0 aliphatic rings. The zero-order valence-electron chi connectivity index (χ0n) is 9.86. The van der Waals surface area contributed by atoms with Gasteiger partial charge in [-0.1, -0.05) is 29.8 Å². The van der Waals surface area contributed by atoms with Crippen molar-refractivity contribution < 1.29 is 9.90 Å². The van der Waals surface area contributed by atoms with Gasteiger partial charge in [-0.2, -0.15) is 0 Å². The van der Waals surface area contributed by atoms with Gasteiger partial charge in [0.05, 0.1) is 21.6 Å². The van der Waals surface area contributed by atoms with Crippen molar-refractivity contribution in [3.63, 3.8) is 0 Å². The Bertz CT molecular complexity index is 616. The molecule has 2 N–H and O–H groups in total. The number of anilines is 1. The second-order valence-electron chi connectivity index (χ2n) is 4.00. The van der Waals surface area contributed by atoms with E-state index in [9.17, 15) is 9.90 Å². The first kappa shape index (κ1) is 13.9. The van der Waals surface area contributed by atoms with Crippen molar-refractivity contribution in [2.75, 3.05) is 5.32 Å². The summed E-state index contributed by atoms with van der Waals surface area (Å²) in [5, 5.41) is 12.6. The van der Waals surface area contributed by atoms with Crippen LogP contribution in [0.3, 0.4) is 0 Å². The minimum absolute atomic E-state index is 0.147. The van der Waals surface area contributed by atoms with Gasteiger partial charge < -0.3 is 10.4 Å². The molecule has 2 rings (SSSR count). The lowest BCUT2D eigenvalue weighted by molar-refractivity contribution is -0.115. The number of rotatable bonds is 3. The largest absolute Gasteiger partial charge is 0.508 e. The van der Waals surface area contributed by atoms with Gasteiger partial charge in [0.2, 0.25) is 5.91 Å². The summed E-state index contributed by atoms with van der Waals surface area (Å²) in [5.74, 6) is -0.0252. The van der Waals surface area contributed by atoms with Crippen molar-refractivity contribution in [2.24, 2.45) is 0 Å². The highest BCUT2D eigenvalue weighted by atomic mass is 79.9. The fraction of sp³-hybridized carbons (Fsp3) is 0.0714. The molecular formula is C14H11BrClNO2. The summed E-state index contributed by atoms with van der Waals surface area (Å²) in [6.07, 6.45) is 0.188. The van der Waals surface area contributed by atoms with Crippen molar-refractivity contribution in [3.8, 4) is 5.75 Å². The number of hydrogen-bond acceptors (Lipinski definition) is 2. The fourth-order valence-corrected chi connectivity index (χ4v) is 2.18. The van der Waals surface area contributed by atoms with Crippen LogP contribution in [0.15, 0.2) is 46.9 Å². The van der Waals surface area contributed by atoms with E-state index in [0.29, 0.717) is 15.2 Å². The Kier molecular flexibility index (Phi) is 4.45. The number of halogens is 2. The average molecular weight is 341 g/mol. The van der Waals surface area contributed by atoms with Crippen LogP contribution in [-0.4, -0.2) is 11.0 Å². The third-order valence-electron chi connectivity index (χ3n) is 2.50. The molecule has 0 fully saturated rings. The molecule has 0 bridgehead atoms. The summed E-state index contributed by atoms with van der Waals surface area (Å²) in [4.78, 5) is 11.9. The van der Waals surface area contributed by atoms with Gasteiger partial charge in [-0.25, -0.2) is 0 Å². The monoisotopic (exact) mass is 339 g/mol. The minimum atomic E-state index is -0.173. The molecule has 5 heteroatoms. The summed E-state index contributed by atoms with van der Waals surface area (Å²) < 4.78 is 0.654. The number of amides is 1. The lowest BCUT2D eigenvalue weighted by Gasteiger charge is -2.08. The zero-order chi connectivity index (χ0) is 13.8. The molecule has 0 radical (unpaired) electrons. The maximum absolute atomic E-state index is 11.9. The number of phenolic OH excluding ortho intramolecular Hbond substituents is 1. The number of phenols is 1. The summed E-state index contributed by atoms with van der Waals surface area (Å²) in [6, 6.07) is 11.9. The third-order valence-corrected chi connectivity index (χ3v) is 3.90. The first-order chi connectivity index (χ1) is 9.06. The number of aromatic hydroxyl groups is 1. The molecular weight excluding hydrogens is 330 g/mol. The predicted molar refractivity (Wildman–Crippen MR) is 79.6 cm³/mol.